The van der Waals surface area contributed by atoms with Crippen LogP contribution in [0, 0.1) is 30.9 Å². The SMILES string of the molecule is CC[C@@H](C)NC(=O)c1nn(-c2cccc(C)c2C)c(Oc2ccc([N+](=O)[O-])cc2S(=O)(=O)NC2CC2)c1C. The van der Waals surface area contributed by atoms with E-state index in [0.29, 0.717) is 24.1 Å². The van der Waals surface area contributed by atoms with E-state index in [1.807, 2.05) is 45.9 Å². The van der Waals surface area contributed by atoms with Gasteiger partial charge in [0.1, 0.15) is 10.6 Å². The number of aryl methyl sites for hydroxylation is 1. The van der Waals surface area contributed by atoms with E-state index in [2.05, 4.69) is 15.1 Å². The van der Waals surface area contributed by atoms with Gasteiger partial charge in [0.05, 0.1) is 10.6 Å². The van der Waals surface area contributed by atoms with Gasteiger partial charge in [0.2, 0.25) is 15.9 Å². The number of sulfonamides is 1. The number of hydrogen-bond acceptors (Lipinski definition) is 7. The molecule has 2 N–H and O–H groups in total. The van der Waals surface area contributed by atoms with Gasteiger partial charge < -0.3 is 10.1 Å². The Bertz CT molecular complexity index is 1510. The highest BCUT2D eigenvalue weighted by Gasteiger charge is 2.32. The summed E-state index contributed by atoms with van der Waals surface area (Å²) in [7, 11) is -4.13. The molecule has 11 nitrogen and oxygen atoms in total. The number of carbonyl (C=O) groups excluding carboxylic acids is 1. The Hall–Kier alpha value is -3.77. The van der Waals surface area contributed by atoms with Gasteiger partial charge in [-0.2, -0.15) is 9.78 Å². The van der Waals surface area contributed by atoms with Crippen molar-refractivity contribution in [3.63, 3.8) is 0 Å². The van der Waals surface area contributed by atoms with Gasteiger partial charge in [-0.15, -0.1) is 0 Å². The summed E-state index contributed by atoms with van der Waals surface area (Å²) >= 11 is 0. The predicted octanol–water partition coefficient (Wildman–Crippen LogP) is 4.47. The number of nitrogens with one attached hydrogen (secondary N) is 2. The van der Waals surface area contributed by atoms with Gasteiger partial charge >= 0.3 is 0 Å². The third kappa shape index (κ3) is 5.55. The Morgan fingerprint density at radius 3 is 2.55 bits per heavy atom. The van der Waals surface area contributed by atoms with E-state index >= 15 is 0 Å². The van der Waals surface area contributed by atoms with Crippen LogP contribution >= 0.6 is 0 Å². The summed E-state index contributed by atoms with van der Waals surface area (Å²) in [6.45, 7) is 9.35. The van der Waals surface area contributed by atoms with Gasteiger partial charge in [-0.05, 0) is 70.2 Å². The molecule has 0 saturated heterocycles. The molecule has 1 aliphatic carbocycles. The molecule has 3 aromatic rings. The van der Waals surface area contributed by atoms with Crippen LogP contribution in [-0.2, 0) is 10.0 Å². The molecule has 1 heterocycles. The van der Waals surface area contributed by atoms with Crippen LogP contribution in [0.4, 0.5) is 5.69 Å². The maximum Gasteiger partial charge on any atom is 0.272 e. The highest BCUT2D eigenvalue weighted by Crippen LogP contribution is 2.37. The number of carbonyl (C=O) groups is 1. The topological polar surface area (TPSA) is 145 Å². The fourth-order valence-electron chi connectivity index (χ4n) is 3.83. The summed E-state index contributed by atoms with van der Waals surface area (Å²) in [5.41, 5.74) is 2.65. The molecule has 1 fully saturated rings. The minimum atomic E-state index is -4.13. The zero-order valence-electron chi connectivity index (χ0n) is 21.9. The molecule has 0 bridgehead atoms. The first-order valence-electron chi connectivity index (χ1n) is 12.4. The number of benzene rings is 2. The number of amides is 1. The number of hydrogen-bond donors (Lipinski definition) is 2. The molecule has 38 heavy (non-hydrogen) atoms. The Morgan fingerprint density at radius 1 is 1.21 bits per heavy atom. The largest absolute Gasteiger partial charge is 0.437 e. The molecule has 0 spiro atoms. The van der Waals surface area contributed by atoms with Crippen molar-refractivity contribution in [1.82, 2.24) is 19.8 Å². The smallest absolute Gasteiger partial charge is 0.272 e. The van der Waals surface area contributed by atoms with Gasteiger partial charge in [-0.3, -0.25) is 14.9 Å². The number of nitro benzene ring substituents is 1. The van der Waals surface area contributed by atoms with Crippen molar-refractivity contribution in [2.75, 3.05) is 0 Å². The second-order valence-electron chi connectivity index (χ2n) is 9.58. The highest BCUT2D eigenvalue weighted by atomic mass is 32.2. The first-order chi connectivity index (χ1) is 17.9. The van der Waals surface area contributed by atoms with E-state index in [1.54, 1.807) is 6.92 Å². The van der Waals surface area contributed by atoms with Crippen LogP contribution in [0.1, 0.15) is 60.3 Å². The van der Waals surface area contributed by atoms with Crippen LogP contribution < -0.4 is 14.8 Å². The summed E-state index contributed by atoms with van der Waals surface area (Å²) in [5, 5.41) is 18.9. The monoisotopic (exact) mass is 541 g/mol. The summed E-state index contributed by atoms with van der Waals surface area (Å²) in [4.78, 5) is 23.5. The highest BCUT2D eigenvalue weighted by molar-refractivity contribution is 7.89. The maximum atomic E-state index is 13.2. The molecule has 202 valence electrons. The molecule has 0 unspecified atom stereocenters. The zero-order chi connectivity index (χ0) is 27.8. The minimum Gasteiger partial charge on any atom is -0.437 e. The average molecular weight is 542 g/mol. The lowest BCUT2D eigenvalue weighted by Crippen LogP contribution is -2.32. The molecule has 4 rings (SSSR count). The number of non-ortho nitro benzene ring substituents is 1. The molecule has 0 aliphatic heterocycles. The van der Waals surface area contributed by atoms with E-state index in [9.17, 15) is 23.3 Å². The van der Waals surface area contributed by atoms with Crippen molar-refractivity contribution in [2.24, 2.45) is 0 Å². The molecule has 12 heteroatoms. The second-order valence-corrected chi connectivity index (χ2v) is 11.3. The Kier molecular flexibility index (Phi) is 7.56. The van der Waals surface area contributed by atoms with Crippen LogP contribution in [0.25, 0.3) is 5.69 Å². The number of rotatable bonds is 10. The summed E-state index contributed by atoms with van der Waals surface area (Å²) in [6, 6.07) is 8.70. The first-order valence-corrected chi connectivity index (χ1v) is 13.9. The quantitative estimate of drug-likeness (QED) is 0.284. The number of aromatic nitrogens is 2. The lowest BCUT2D eigenvalue weighted by atomic mass is 10.1. The van der Waals surface area contributed by atoms with Crippen LogP contribution in [0.2, 0.25) is 0 Å². The molecular formula is C26H31N5O6S. The predicted molar refractivity (Wildman–Crippen MR) is 142 cm³/mol. The van der Waals surface area contributed by atoms with Crippen LogP contribution in [0.3, 0.4) is 0 Å². The van der Waals surface area contributed by atoms with E-state index in [4.69, 9.17) is 4.74 Å². The van der Waals surface area contributed by atoms with E-state index in [-0.39, 0.29) is 40.0 Å². The Morgan fingerprint density at radius 2 is 1.92 bits per heavy atom. The zero-order valence-corrected chi connectivity index (χ0v) is 22.8. The van der Waals surface area contributed by atoms with Gasteiger partial charge in [0.25, 0.3) is 11.6 Å². The van der Waals surface area contributed by atoms with Crippen molar-refractivity contribution < 1.29 is 22.9 Å². The fourth-order valence-corrected chi connectivity index (χ4v) is 5.28. The Balaban J connectivity index is 1.88. The van der Waals surface area contributed by atoms with Crippen molar-refractivity contribution in [3.8, 4) is 17.3 Å². The van der Waals surface area contributed by atoms with Crippen molar-refractivity contribution in [1.29, 1.82) is 0 Å². The summed E-state index contributed by atoms with van der Waals surface area (Å²) < 4.78 is 36.6. The van der Waals surface area contributed by atoms with Crippen molar-refractivity contribution in [3.05, 3.63) is 68.9 Å². The van der Waals surface area contributed by atoms with Gasteiger partial charge in [0.15, 0.2) is 5.69 Å². The molecule has 2 aromatic carbocycles. The van der Waals surface area contributed by atoms with Gasteiger partial charge in [0, 0.05) is 29.8 Å². The van der Waals surface area contributed by atoms with Crippen LogP contribution in [-0.4, -0.2) is 41.1 Å². The van der Waals surface area contributed by atoms with E-state index in [1.165, 1.54) is 16.8 Å². The average Bonchev–Trinajstić information content (AvgIpc) is 3.62. The van der Waals surface area contributed by atoms with E-state index in [0.717, 1.165) is 23.6 Å². The second kappa shape index (κ2) is 10.5. The normalized spacial score (nSPS) is 14.2. The van der Waals surface area contributed by atoms with Gasteiger partial charge in [-0.1, -0.05) is 19.1 Å². The third-order valence-corrected chi connectivity index (χ3v) is 8.15. The molecule has 1 atom stereocenters. The standard InChI is InChI=1S/C26H31N5O6S/c1-6-16(3)27-25(32)24-18(5)26(30(28-24)21-9-7-8-15(2)17(21)4)37-22-13-12-20(31(33)34)14-23(22)38(35,36)29-19-10-11-19/h7-9,12-14,16,19,29H,6,10-11H2,1-5H3,(H,27,32)/t16-/m1/s1. The van der Waals surface area contributed by atoms with Crippen molar-refractivity contribution >= 4 is 21.6 Å². The molecular weight excluding hydrogens is 510 g/mol. The lowest BCUT2D eigenvalue weighted by molar-refractivity contribution is -0.385. The maximum absolute atomic E-state index is 13.2. The number of nitrogens with zero attached hydrogens (tertiary/aromatic N) is 3. The third-order valence-electron chi connectivity index (χ3n) is 6.61. The first kappa shape index (κ1) is 27.3. The van der Waals surface area contributed by atoms with Crippen LogP contribution in [0.5, 0.6) is 11.6 Å². The number of nitro groups is 1. The van der Waals surface area contributed by atoms with Gasteiger partial charge in [-0.25, -0.2) is 13.1 Å². The molecule has 1 aromatic heterocycles. The number of ether oxygens (including phenoxy) is 1. The summed E-state index contributed by atoms with van der Waals surface area (Å²) in [5.74, 6) is -0.380. The van der Waals surface area contributed by atoms with Crippen molar-refractivity contribution in [2.45, 2.75) is 70.9 Å². The summed E-state index contributed by atoms with van der Waals surface area (Å²) in [6.07, 6.45) is 2.11. The minimum absolute atomic E-state index is 0.0861. The Labute approximate surface area is 221 Å². The van der Waals surface area contributed by atoms with E-state index < -0.39 is 20.9 Å². The molecule has 0 radical (unpaired) electrons. The fraction of sp³-hybridized carbons (Fsp3) is 0.385. The molecule has 1 saturated carbocycles. The van der Waals surface area contributed by atoms with Crippen LogP contribution in [0.15, 0.2) is 41.3 Å². The molecule has 1 aliphatic rings. The molecule has 1 amide bonds. The lowest BCUT2D eigenvalue weighted by Gasteiger charge is -2.15.